The minimum atomic E-state index is 0. The molecular formula is C12H10N3W+. The van der Waals surface area contributed by atoms with Gasteiger partial charge in [0.15, 0.2) is 0 Å². The summed E-state index contributed by atoms with van der Waals surface area (Å²) in [7, 11) is 0. The average Bonchev–Trinajstić information content (AvgIpc) is 2.86. The maximum atomic E-state index is 4.58. The molecule has 3 nitrogen and oxygen atoms in total. The molecule has 0 unspecified atom stereocenters. The summed E-state index contributed by atoms with van der Waals surface area (Å²) in [5.74, 6) is 0. The summed E-state index contributed by atoms with van der Waals surface area (Å²) in [6.07, 6.45) is 3.48. The number of benzene rings is 1. The Morgan fingerprint density at radius 1 is 1.19 bits per heavy atom. The Balaban J connectivity index is 0.000000963. The summed E-state index contributed by atoms with van der Waals surface area (Å²) in [5, 5.41) is 7.82. The first-order valence-corrected chi connectivity index (χ1v) is 4.99. The van der Waals surface area contributed by atoms with Crippen molar-refractivity contribution in [2.24, 2.45) is 4.99 Å². The second-order valence-corrected chi connectivity index (χ2v) is 3.68. The number of aromatic nitrogens is 2. The molecule has 0 aliphatic carbocycles. The van der Waals surface area contributed by atoms with Crippen molar-refractivity contribution in [2.75, 3.05) is 0 Å². The summed E-state index contributed by atoms with van der Waals surface area (Å²) in [4.78, 5) is 4.58. The van der Waals surface area contributed by atoms with Crippen LogP contribution in [0.15, 0.2) is 41.5 Å². The van der Waals surface area contributed by atoms with E-state index in [-0.39, 0.29) is 21.1 Å². The van der Waals surface area contributed by atoms with E-state index in [0.717, 1.165) is 24.2 Å². The topological polar surface area (TPSA) is 39.4 Å². The van der Waals surface area contributed by atoms with Gasteiger partial charge in [0.1, 0.15) is 0 Å². The van der Waals surface area contributed by atoms with Crippen molar-refractivity contribution in [3.05, 3.63) is 47.8 Å². The zero-order valence-corrected chi connectivity index (χ0v) is 11.6. The van der Waals surface area contributed by atoms with Crippen molar-refractivity contribution in [1.29, 1.82) is 0 Å². The number of aliphatic imine (C=N–C) groups is 1. The maximum Gasteiger partial charge on any atom is 2.00 e. The van der Waals surface area contributed by atoms with E-state index in [2.05, 4.69) is 33.4 Å². The average molecular weight is 380 g/mol. The third-order valence-corrected chi connectivity index (χ3v) is 2.57. The van der Waals surface area contributed by atoms with E-state index in [0.29, 0.717) is 0 Å². The molecule has 0 bridgehead atoms. The summed E-state index contributed by atoms with van der Waals surface area (Å²) in [6.45, 7) is 0. The van der Waals surface area contributed by atoms with Crippen molar-refractivity contribution >= 4 is 11.4 Å². The van der Waals surface area contributed by atoms with Crippen LogP contribution in [0.25, 0.3) is 0 Å². The molecule has 0 saturated carbocycles. The molecule has 0 spiro atoms. The largest absolute Gasteiger partial charge is 2.00 e. The van der Waals surface area contributed by atoms with Crippen molar-refractivity contribution in [3.63, 3.8) is 0 Å². The first-order valence-electron chi connectivity index (χ1n) is 4.99. The Morgan fingerprint density at radius 2 is 2.06 bits per heavy atom. The summed E-state index contributed by atoms with van der Waals surface area (Å²) in [6, 6.07) is 10.2. The molecule has 0 fully saturated rings. The molecule has 16 heavy (non-hydrogen) atoms. The van der Waals surface area contributed by atoms with Crippen LogP contribution in [-0.2, 0) is 33.9 Å². The molecular weight excluding hydrogens is 370 g/mol. The quantitative estimate of drug-likeness (QED) is 0.799. The van der Waals surface area contributed by atoms with Gasteiger partial charge in [0.05, 0.1) is 5.69 Å². The molecule has 1 aromatic carbocycles. The predicted octanol–water partition coefficient (Wildman–Crippen LogP) is 1.91. The van der Waals surface area contributed by atoms with Crippen molar-refractivity contribution in [2.45, 2.75) is 12.8 Å². The van der Waals surface area contributed by atoms with Crippen LogP contribution in [0.2, 0.25) is 0 Å². The fraction of sp³-hybridized carbons (Fsp3) is 0.167. The van der Waals surface area contributed by atoms with Crippen LogP contribution in [0.5, 0.6) is 0 Å². The van der Waals surface area contributed by atoms with E-state index in [1.165, 1.54) is 11.3 Å². The second kappa shape index (κ2) is 4.75. The van der Waals surface area contributed by atoms with Crippen molar-refractivity contribution < 1.29 is 21.1 Å². The Bertz CT molecular complexity index is 503. The number of hydrogen-bond donors (Lipinski definition) is 0. The Hall–Kier alpha value is -1.21. The van der Waals surface area contributed by atoms with Crippen molar-refractivity contribution in [3.8, 4) is 0 Å². The Kier molecular flexibility index (Phi) is 3.35. The van der Waals surface area contributed by atoms with Crippen LogP contribution in [0, 0.1) is 0 Å². The monoisotopic (exact) mass is 380 g/mol. The molecule has 1 aliphatic rings. The molecule has 2 aromatic rings. The van der Waals surface area contributed by atoms with Gasteiger partial charge in [-0.05, 0) is 18.1 Å². The van der Waals surface area contributed by atoms with Gasteiger partial charge in [-0.15, -0.1) is 5.69 Å². The summed E-state index contributed by atoms with van der Waals surface area (Å²) < 4.78 is 0. The molecule has 4 heteroatoms. The maximum absolute atomic E-state index is 4.58. The van der Waals surface area contributed by atoms with E-state index in [1.807, 2.05) is 12.1 Å². The van der Waals surface area contributed by atoms with Crippen LogP contribution >= 0.6 is 0 Å². The number of hydrogen-bond acceptors (Lipinski definition) is 2. The standard InChI is InChI=1S/C12H10N3.W/c1-2-4-12-9(3-1)7-11(14-12)8-10-5-6-13-15-10;/h1-6H,7-8H2;/q-1;+2. The zero-order chi connectivity index (χ0) is 10.1. The van der Waals surface area contributed by atoms with E-state index in [1.54, 1.807) is 6.20 Å². The van der Waals surface area contributed by atoms with Gasteiger partial charge in [-0.2, -0.15) is 0 Å². The summed E-state index contributed by atoms with van der Waals surface area (Å²) in [5.41, 5.74) is 4.59. The van der Waals surface area contributed by atoms with Crippen LogP contribution in [0.4, 0.5) is 5.69 Å². The third kappa shape index (κ3) is 2.14. The smallest absolute Gasteiger partial charge is 0.579 e. The van der Waals surface area contributed by atoms with Gasteiger partial charge in [-0.1, -0.05) is 24.3 Å². The SMILES string of the molecule is [W+2].c1ccc2c(c1)CC(Cc1ccn[n-]1)=N2. The molecule has 1 aliphatic heterocycles. The van der Waals surface area contributed by atoms with Gasteiger partial charge in [-0.3, -0.25) is 4.99 Å². The van der Waals surface area contributed by atoms with Gasteiger partial charge in [-0.25, -0.2) is 0 Å². The number of para-hydroxylation sites is 1. The fourth-order valence-corrected chi connectivity index (χ4v) is 1.86. The number of nitrogens with zero attached hydrogens (tertiary/aromatic N) is 3. The van der Waals surface area contributed by atoms with Gasteiger partial charge in [0.2, 0.25) is 0 Å². The molecule has 0 saturated heterocycles. The summed E-state index contributed by atoms with van der Waals surface area (Å²) >= 11 is 0. The first-order chi connectivity index (χ1) is 7.42. The van der Waals surface area contributed by atoms with Gasteiger partial charge < -0.3 is 10.2 Å². The van der Waals surface area contributed by atoms with E-state index in [4.69, 9.17) is 0 Å². The van der Waals surface area contributed by atoms with E-state index in [9.17, 15) is 0 Å². The van der Waals surface area contributed by atoms with Gasteiger partial charge in [0.25, 0.3) is 0 Å². The van der Waals surface area contributed by atoms with Crippen LogP contribution in [0.1, 0.15) is 11.3 Å². The second-order valence-electron chi connectivity index (χ2n) is 3.68. The van der Waals surface area contributed by atoms with Crippen molar-refractivity contribution in [1.82, 2.24) is 10.2 Å². The number of rotatable bonds is 2. The van der Waals surface area contributed by atoms with Crippen LogP contribution in [-0.4, -0.2) is 10.8 Å². The molecule has 1 aromatic heterocycles. The predicted molar refractivity (Wildman–Crippen MR) is 58.5 cm³/mol. The molecule has 3 rings (SSSR count). The molecule has 0 N–H and O–H groups in total. The Morgan fingerprint density at radius 3 is 2.81 bits per heavy atom. The molecule has 2 heterocycles. The normalized spacial score (nSPS) is 12.9. The molecule has 0 atom stereocenters. The molecule has 0 radical (unpaired) electrons. The van der Waals surface area contributed by atoms with Gasteiger partial charge in [0, 0.05) is 18.3 Å². The first kappa shape index (κ1) is 11.3. The van der Waals surface area contributed by atoms with Gasteiger partial charge >= 0.3 is 21.1 Å². The van der Waals surface area contributed by atoms with E-state index >= 15 is 0 Å². The van der Waals surface area contributed by atoms with Crippen LogP contribution < -0.4 is 5.10 Å². The zero-order valence-electron chi connectivity index (χ0n) is 8.63. The molecule has 0 amide bonds. The van der Waals surface area contributed by atoms with Crippen LogP contribution in [0.3, 0.4) is 0 Å². The Labute approximate surface area is 108 Å². The number of fused-ring (bicyclic) bond motifs is 1. The molecule has 78 valence electrons. The minimum Gasteiger partial charge on any atom is -0.579 e. The van der Waals surface area contributed by atoms with E-state index < -0.39 is 0 Å². The third-order valence-electron chi connectivity index (χ3n) is 2.57. The minimum absolute atomic E-state index is 0. The fourth-order valence-electron chi connectivity index (χ4n) is 1.86.